The number of hydrogen-bond acceptors (Lipinski definition) is 3. The molecule has 0 bridgehead atoms. The average molecular weight is 273 g/mol. The summed E-state index contributed by atoms with van der Waals surface area (Å²) in [4.78, 5) is 0. The van der Waals surface area contributed by atoms with E-state index in [1.165, 1.54) is 0 Å². The molecule has 0 aromatic carbocycles. The molecule has 0 aliphatic rings. The second-order valence-electron chi connectivity index (χ2n) is 3.52. The van der Waals surface area contributed by atoms with Crippen molar-refractivity contribution in [1.82, 2.24) is 0 Å². The van der Waals surface area contributed by atoms with Crippen LogP contribution in [0.25, 0.3) is 0 Å². The topological polar surface area (TPSA) is 55.5 Å². The van der Waals surface area contributed by atoms with E-state index in [9.17, 15) is 0 Å². The Labute approximate surface area is 82.0 Å². The number of hydrogen-bond donors (Lipinski definition) is 2. The van der Waals surface area contributed by atoms with Crippen molar-refractivity contribution in [1.29, 1.82) is 0 Å². The minimum atomic E-state index is -0.220. The van der Waals surface area contributed by atoms with Gasteiger partial charge in [-0.15, -0.1) is 0 Å². The normalized spacial score (nSPS) is 15.0. The summed E-state index contributed by atoms with van der Waals surface area (Å²) in [5, 5.41) is 8.88. The van der Waals surface area contributed by atoms with E-state index in [0.717, 1.165) is 6.42 Å². The quantitative estimate of drug-likeness (QED) is 0.737. The van der Waals surface area contributed by atoms with Gasteiger partial charge in [-0.3, -0.25) is 0 Å². The molecule has 0 fully saturated rings. The lowest BCUT2D eigenvalue weighted by atomic mass is 9.93. The van der Waals surface area contributed by atoms with Crippen LogP contribution in [0, 0.1) is 5.92 Å². The number of rotatable bonds is 5. The minimum Gasteiger partial charge on any atom is -0.396 e. The molecule has 1 unspecified atom stereocenters. The Morgan fingerprint density at radius 1 is 1.64 bits per heavy atom. The summed E-state index contributed by atoms with van der Waals surface area (Å²) in [6, 6.07) is 0. The molecular formula is C7H16INO2. The third-order valence-electron chi connectivity index (χ3n) is 1.37. The van der Waals surface area contributed by atoms with E-state index < -0.39 is 0 Å². The highest BCUT2D eigenvalue weighted by molar-refractivity contribution is 14.1. The SMILES string of the molecule is CC(C)(N)CC(CO)COI. The Balaban J connectivity index is 3.68. The van der Waals surface area contributed by atoms with Gasteiger partial charge in [0, 0.05) is 18.1 Å². The first-order chi connectivity index (χ1) is 4.99. The fourth-order valence-corrected chi connectivity index (χ4v) is 1.52. The Hall–Kier alpha value is 0.610. The summed E-state index contributed by atoms with van der Waals surface area (Å²) < 4.78 is 4.90. The summed E-state index contributed by atoms with van der Waals surface area (Å²) in [6.45, 7) is 4.60. The van der Waals surface area contributed by atoms with Gasteiger partial charge in [-0.25, -0.2) is 0 Å². The van der Waals surface area contributed by atoms with Gasteiger partial charge in [0.15, 0.2) is 0 Å². The molecule has 4 heteroatoms. The third-order valence-corrected chi connectivity index (χ3v) is 1.73. The number of nitrogens with two attached hydrogens (primary N) is 1. The molecule has 0 spiro atoms. The van der Waals surface area contributed by atoms with Crippen LogP contribution in [0.2, 0.25) is 0 Å². The second kappa shape index (κ2) is 5.29. The fourth-order valence-electron chi connectivity index (χ4n) is 1.01. The summed E-state index contributed by atoms with van der Waals surface area (Å²) in [5.74, 6) is 0.159. The van der Waals surface area contributed by atoms with Crippen LogP contribution in [0.5, 0.6) is 0 Å². The van der Waals surface area contributed by atoms with Crippen molar-refractivity contribution in [3.8, 4) is 0 Å². The van der Waals surface area contributed by atoms with Crippen LogP contribution >= 0.6 is 23.0 Å². The molecule has 0 aromatic rings. The van der Waals surface area contributed by atoms with Crippen molar-refractivity contribution in [2.24, 2.45) is 11.7 Å². The molecule has 3 nitrogen and oxygen atoms in total. The van der Waals surface area contributed by atoms with E-state index in [-0.39, 0.29) is 18.1 Å². The average Bonchev–Trinajstić information content (AvgIpc) is 1.84. The monoisotopic (exact) mass is 273 g/mol. The molecule has 1 atom stereocenters. The van der Waals surface area contributed by atoms with E-state index >= 15 is 0 Å². The van der Waals surface area contributed by atoms with Crippen LogP contribution in [0.3, 0.4) is 0 Å². The van der Waals surface area contributed by atoms with Crippen molar-refractivity contribution in [3.05, 3.63) is 0 Å². The van der Waals surface area contributed by atoms with Crippen LogP contribution in [0.1, 0.15) is 20.3 Å². The third kappa shape index (κ3) is 6.99. The van der Waals surface area contributed by atoms with Crippen LogP contribution in [-0.4, -0.2) is 23.9 Å². The summed E-state index contributed by atoms with van der Waals surface area (Å²) in [7, 11) is 0. The van der Waals surface area contributed by atoms with Crippen molar-refractivity contribution in [2.75, 3.05) is 13.2 Å². The van der Waals surface area contributed by atoms with Gasteiger partial charge in [0.25, 0.3) is 0 Å². The molecule has 0 aliphatic heterocycles. The zero-order valence-electron chi connectivity index (χ0n) is 7.01. The summed E-state index contributed by atoms with van der Waals surface area (Å²) >= 11 is 1.83. The molecular weight excluding hydrogens is 257 g/mol. The second-order valence-corrected chi connectivity index (χ2v) is 4.14. The van der Waals surface area contributed by atoms with E-state index in [0.29, 0.717) is 6.61 Å². The van der Waals surface area contributed by atoms with E-state index in [2.05, 4.69) is 0 Å². The van der Waals surface area contributed by atoms with Crippen molar-refractivity contribution in [3.63, 3.8) is 0 Å². The predicted molar refractivity (Wildman–Crippen MR) is 53.4 cm³/mol. The summed E-state index contributed by atoms with van der Waals surface area (Å²) in [6.07, 6.45) is 0.784. The lowest BCUT2D eigenvalue weighted by molar-refractivity contribution is 0.160. The molecule has 11 heavy (non-hydrogen) atoms. The Kier molecular flexibility index (Phi) is 5.58. The molecule has 0 aromatic heterocycles. The van der Waals surface area contributed by atoms with Gasteiger partial charge < -0.3 is 13.9 Å². The highest BCUT2D eigenvalue weighted by atomic mass is 127. The van der Waals surface area contributed by atoms with Gasteiger partial charge in [0.1, 0.15) is 23.0 Å². The standard InChI is InChI=1S/C7H16INO2/c1-7(2,9)3-6(4-10)5-11-8/h6,10H,3-5,9H2,1-2H3. The van der Waals surface area contributed by atoms with Gasteiger partial charge in [0.2, 0.25) is 0 Å². The zero-order chi connectivity index (χ0) is 8.91. The minimum absolute atomic E-state index is 0.142. The number of halogens is 1. The van der Waals surface area contributed by atoms with Gasteiger partial charge in [-0.05, 0) is 20.3 Å². The maximum atomic E-state index is 8.88. The van der Waals surface area contributed by atoms with E-state index in [4.69, 9.17) is 13.9 Å². The highest BCUT2D eigenvalue weighted by Crippen LogP contribution is 2.14. The van der Waals surface area contributed by atoms with E-state index in [1.807, 2.05) is 36.9 Å². The first-order valence-corrected chi connectivity index (χ1v) is 4.51. The molecule has 0 rings (SSSR count). The van der Waals surface area contributed by atoms with E-state index in [1.54, 1.807) is 0 Å². The van der Waals surface area contributed by atoms with Crippen molar-refractivity contribution < 1.29 is 8.17 Å². The smallest absolute Gasteiger partial charge is 0.109 e. The maximum Gasteiger partial charge on any atom is 0.109 e. The van der Waals surface area contributed by atoms with Crippen LogP contribution in [0.15, 0.2) is 0 Å². The number of aliphatic hydroxyl groups is 1. The van der Waals surface area contributed by atoms with Crippen LogP contribution in [-0.2, 0) is 3.07 Å². The molecule has 0 aliphatic carbocycles. The molecule has 3 N–H and O–H groups in total. The van der Waals surface area contributed by atoms with Gasteiger partial charge >= 0.3 is 0 Å². The zero-order valence-corrected chi connectivity index (χ0v) is 9.17. The lowest BCUT2D eigenvalue weighted by Crippen LogP contribution is -2.36. The first-order valence-electron chi connectivity index (χ1n) is 3.63. The summed E-state index contributed by atoms with van der Waals surface area (Å²) in [5.41, 5.74) is 5.55. The Bertz CT molecular complexity index is 103. The van der Waals surface area contributed by atoms with Gasteiger partial charge in [-0.2, -0.15) is 0 Å². The van der Waals surface area contributed by atoms with Crippen LogP contribution in [0.4, 0.5) is 0 Å². The lowest BCUT2D eigenvalue weighted by Gasteiger charge is -2.23. The van der Waals surface area contributed by atoms with Crippen molar-refractivity contribution >= 4 is 23.0 Å². The molecule has 0 saturated heterocycles. The molecule has 68 valence electrons. The fraction of sp³-hybridized carbons (Fsp3) is 1.00. The largest absolute Gasteiger partial charge is 0.396 e. The van der Waals surface area contributed by atoms with Gasteiger partial charge in [-0.1, -0.05) is 0 Å². The van der Waals surface area contributed by atoms with Crippen LogP contribution < -0.4 is 5.73 Å². The predicted octanol–water partition coefficient (Wildman–Crippen LogP) is 1.09. The first kappa shape index (κ1) is 11.6. The molecule has 0 radical (unpaired) electrons. The number of aliphatic hydroxyl groups excluding tert-OH is 1. The Morgan fingerprint density at radius 2 is 2.18 bits per heavy atom. The molecule has 0 amide bonds. The molecule has 0 heterocycles. The Morgan fingerprint density at radius 3 is 2.45 bits per heavy atom. The molecule has 0 saturated carbocycles. The van der Waals surface area contributed by atoms with Crippen molar-refractivity contribution in [2.45, 2.75) is 25.8 Å². The maximum absolute atomic E-state index is 8.88. The highest BCUT2D eigenvalue weighted by Gasteiger charge is 2.18. The van der Waals surface area contributed by atoms with Gasteiger partial charge in [0.05, 0.1) is 6.61 Å².